The van der Waals surface area contributed by atoms with Crippen molar-refractivity contribution in [3.05, 3.63) is 89.9 Å². The number of benzene rings is 2. The van der Waals surface area contributed by atoms with Crippen LogP contribution in [0, 0.1) is 0 Å². The predicted molar refractivity (Wildman–Crippen MR) is 141 cm³/mol. The number of aromatic nitrogens is 4. The molecular formula is C29H23N5. The number of nitrogens with two attached hydrogens (primary N) is 1. The average molecular weight is 442 g/mol. The predicted octanol–water partition coefficient (Wildman–Crippen LogP) is 6.55. The van der Waals surface area contributed by atoms with Gasteiger partial charge in [-0.05, 0) is 56.2 Å². The molecule has 1 aliphatic carbocycles. The maximum absolute atomic E-state index is 6.77. The molecule has 1 aliphatic rings. The highest BCUT2D eigenvalue weighted by Gasteiger charge is 2.24. The summed E-state index contributed by atoms with van der Waals surface area (Å²) in [6.45, 7) is 2.00. The Morgan fingerprint density at radius 2 is 2.00 bits per heavy atom. The molecule has 6 aromatic rings. The van der Waals surface area contributed by atoms with Gasteiger partial charge in [-0.15, -0.1) is 0 Å². The number of rotatable bonds is 2. The van der Waals surface area contributed by atoms with E-state index in [1.54, 1.807) is 0 Å². The molecule has 2 N–H and O–H groups in total. The molecule has 5 heteroatoms. The van der Waals surface area contributed by atoms with Crippen LogP contribution in [0.5, 0.6) is 0 Å². The van der Waals surface area contributed by atoms with E-state index in [4.69, 9.17) is 15.7 Å². The molecule has 0 unspecified atom stereocenters. The molecule has 0 spiro atoms. The first-order chi connectivity index (χ1) is 16.8. The van der Waals surface area contributed by atoms with Crippen molar-refractivity contribution in [2.24, 2.45) is 0 Å². The molecule has 0 aliphatic heterocycles. The van der Waals surface area contributed by atoms with Gasteiger partial charge in [0.2, 0.25) is 0 Å². The van der Waals surface area contributed by atoms with Crippen LogP contribution < -0.4 is 5.73 Å². The van der Waals surface area contributed by atoms with Gasteiger partial charge in [0.1, 0.15) is 11.2 Å². The standard InChI is InChI=1S/C29H23N5/c1-2-8-18-17-31-21-10-7-12-23(26(21)27(18)30)34-22-11-4-3-9-19(22)20-14-15-24-28(29(20)34)32-25-13-5-6-16-33(24)25/h2-3,5-10,12-17H,4,11H2,1H3,(H2,30,31)/b8-2-. The minimum Gasteiger partial charge on any atom is -0.398 e. The fraction of sp³-hybridized carbons (Fsp3) is 0.103. The minimum atomic E-state index is 0.753. The van der Waals surface area contributed by atoms with E-state index < -0.39 is 0 Å². The zero-order valence-corrected chi connectivity index (χ0v) is 18.9. The zero-order chi connectivity index (χ0) is 22.8. The van der Waals surface area contributed by atoms with E-state index in [1.165, 1.54) is 16.6 Å². The lowest BCUT2D eigenvalue weighted by molar-refractivity contribution is 0.892. The number of anilines is 1. The van der Waals surface area contributed by atoms with Gasteiger partial charge in [-0.1, -0.05) is 36.4 Å². The maximum atomic E-state index is 6.77. The van der Waals surface area contributed by atoms with Crippen LogP contribution in [0.4, 0.5) is 5.69 Å². The van der Waals surface area contributed by atoms with Crippen molar-refractivity contribution in [3.63, 3.8) is 0 Å². The van der Waals surface area contributed by atoms with E-state index in [9.17, 15) is 0 Å². The Morgan fingerprint density at radius 1 is 1.06 bits per heavy atom. The lowest BCUT2D eigenvalue weighted by Gasteiger charge is -2.17. The Labute approximate surface area is 196 Å². The molecule has 0 saturated heterocycles. The number of allylic oxidation sites excluding steroid dienone is 2. The first kappa shape index (κ1) is 19.1. The quantitative estimate of drug-likeness (QED) is 0.331. The average Bonchev–Trinajstić information content (AvgIpc) is 3.41. The largest absolute Gasteiger partial charge is 0.398 e. The monoisotopic (exact) mass is 441 g/mol. The number of imidazole rings is 1. The molecule has 164 valence electrons. The van der Waals surface area contributed by atoms with Crippen molar-refractivity contribution in [1.82, 2.24) is 18.9 Å². The third-order valence-corrected chi connectivity index (χ3v) is 6.91. The first-order valence-corrected chi connectivity index (χ1v) is 11.7. The van der Waals surface area contributed by atoms with Crippen LogP contribution in [0.15, 0.2) is 73.1 Å². The molecule has 4 heterocycles. The summed E-state index contributed by atoms with van der Waals surface area (Å²) in [5.41, 5.74) is 17.1. The van der Waals surface area contributed by atoms with Gasteiger partial charge in [0.25, 0.3) is 0 Å². The van der Waals surface area contributed by atoms with Crippen molar-refractivity contribution in [2.75, 3.05) is 5.73 Å². The third kappa shape index (κ3) is 2.49. The first-order valence-electron chi connectivity index (χ1n) is 11.7. The van der Waals surface area contributed by atoms with Gasteiger partial charge in [0, 0.05) is 40.0 Å². The maximum Gasteiger partial charge on any atom is 0.137 e. The Hall–Kier alpha value is -4.38. The van der Waals surface area contributed by atoms with Gasteiger partial charge in [-0.2, -0.15) is 0 Å². The van der Waals surface area contributed by atoms with Crippen molar-refractivity contribution < 1.29 is 0 Å². The number of pyridine rings is 2. The van der Waals surface area contributed by atoms with Gasteiger partial charge in [0.05, 0.1) is 27.9 Å². The fourth-order valence-electron chi connectivity index (χ4n) is 5.45. The van der Waals surface area contributed by atoms with Crippen LogP contribution in [-0.4, -0.2) is 18.9 Å². The van der Waals surface area contributed by atoms with Crippen LogP contribution in [-0.2, 0) is 6.42 Å². The van der Waals surface area contributed by atoms with Crippen LogP contribution >= 0.6 is 0 Å². The van der Waals surface area contributed by atoms with Crippen LogP contribution in [0.1, 0.15) is 30.2 Å². The summed E-state index contributed by atoms with van der Waals surface area (Å²) >= 11 is 0. The highest BCUT2D eigenvalue weighted by atomic mass is 15.1. The van der Waals surface area contributed by atoms with Crippen molar-refractivity contribution in [3.8, 4) is 5.69 Å². The lowest BCUT2D eigenvalue weighted by atomic mass is 10.0. The lowest BCUT2D eigenvalue weighted by Crippen LogP contribution is -2.06. The Bertz CT molecular complexity index is 1830. The van der Waals surface area contributed by atoms with Crippen LogP contribution in [0.3, 0.4) is 0 Å². The molecule has 34 heavy (non-hydrogen) atoms. The van der Waals surface area contributed by atoms with Gasteiger partial charge in [-0.3, -0.25) is 9.38 Å². The fourth-order valence-corrected chi connectivity index (χ4v) is 5.45. The number of nitrogen functional groups attached to an aromatic ring is 1. The van der Waals surface area contributed by atoms with Gasteiger partial charge in [0.15, 0.2) is 0 Å². The summed E-state index contributed by atoms with van der Waals surface area (Å²) in [5.74, 6) is 0. The van der Waals surface area contributed by atoms with E-state index >= 15 is 0 Å². The molecule has 4 aromatic heterocycles. The molecule has 2 aromatic carbocycles. The molecular weight excluding hydrogens is 418 g/mol. The van der Waals surface area contributed by atoms with E-state index in [0.29, 0.717) is 0 Å². The topological polar surface area (TPSA) is 61.1 Å². The van der Waals surface area contributed by atoms with E-state index in [-0.39, 0.29) is 0 Å². The Kier molecular flexibility index (Phi) is 3.97. The zero-order valence-electron chi connectivity index (χ0n) is 18.9. The second-order valence-electron chi connectivity index (χ2n) is 8.81. The summed E-state index contributed by atoms with van der Waals surface area (Å²) < 4.78 is 4.55. The normalized spacial score (nSPS) is 13.7. The van der Waals surface area contributed by atoms with Crippen molar-refractivity contribution in [1.29, 1.82) is 0 Å². The number of fused-ring (bicyclic) bond motifs is 8. The van der Waals surface area contributed by atoms with E-state index in [2.05, 4.69) is 57.6 Å². The molecule has 0 amide bonds. The smallest absolute Gasteiger partial charge is 0.137 e. The summed E-state index contributed by atoms with van der Waals surface area (Å²) in [6, 6.07) is 16.8. The second-order valence-corrected chi connectivity index (χ2v) is 8.81. The SMILES string of the molecule is C/C=C\c1cnc2cccc(-n3c4c(c5ccc6c(nc7ccccn76)c53)C=CCC4)c2c1N. The van der Waals surface area contributed by atoms with E-state index in [0.717, 1.165) is 62.9 Å². The molecule has 5 nitrogen and oxygen atoms in total. The molecule has 0 atom stereocenters. The van der Waals surface area contributed by atoms with Gasteiger partial charge in [-0.25, -0.2) is 4.98 Å². The number of hydrogen-bond donors (Lipinski definition) is 1. The molecule has 7 rings (SSSR count). The van der Waals surface area contributed by atoms with Crippen molar-refractivity contribution in [2.45, 2.75) is 19.8 Å². The molecule has 0 radical (unpaired) electrons. The summed E-state index contributed by atoms with van der Waals surface area (Å²) in [5, 5.41) is 2.20. The molecule has 0 saturated carbocycles. The highest BCUT2D eigenvalue weighted by molar-refractivity contribution is 6.10. The summed E-state index contributed by atoms with van der Waals surface area (Å²) in [6.07, 6.45) is 14.5. The molecule has 0 fully saturated rings. The number of nitrogens with zero attached hydrogens (tertiary/aromatic N) is 4. The van der Waals surface area contributed by atoms with E-state index in [1.807, 2.05) is 43.5 Å². The van der Waals surface area contributed by atoms with Crippen LogP contribution in [0.25, 0.3) is 56.3 Å². The summed E-state index contributed by atoms with van der Waals surface area (Å²) in [4.78, 5) is 9.82. The van der Waals surface area contributed by atoms with Gasteiger partial charge >= 0.3 is 0 Å². The van der Waals surface area contributed by atoms with Crippen LogP contribution in [0.2, 0.25) is 0 Å². The van der Waals surface area contributed by atoms with Gasteiger partial charge < -0.3 is 10.3 Å². The third-order valence-electron chi connectivity index (χ3n) is 6.91. The second kappa shape index (κ2) is 7.06. The minimum absolute atomic E-state index is 0.753. The Morgan fingerprint density at radius 3 is 2.91 bits per heavy atom. The summed E-state index contributed by atoms with van der Waals surface area (Å²) in [7, 11) is 0. The van der Waals surface area contributed by atoms with Crippen molar-refractivity contribution >= 4 is 56.3 Å². The molecule has 0 bridgehead atoms. The number of hydrogen-bond acceptors (Lipinski definition) is 3. The highest BCUT2D eigenvalue weighted by Crippen LogP contribution is 2.40. The Balaban J connectivity index is 1.70.